The maximum absolute atomic E-state index is 13.4. The maximum atomic E-state index is 13.4. The fourth-order valence-corrected chi connectivity index (χ4v) is 3.76. The van der Waals surface area contributed by atoms with Crippen LogP contribution in [0.15, 0.2) is 72.0 Å². The Balaban J connectivity index is 1.78. The SMILES string of the molecule is COc1cc(C(=O)c2cc(C#N)cn([C@@H](C)c3ccc(F)cc3)c2=O)ccc1-n1cnc(C)c1. The number of carbonyl (C=O) groups is 1. The molecule has 4 aromatic rings. The Hall–Kier alpha value is -4.51. The van der Waals surface area contributed by atoms with Crippen molar-refractivity contribution in [2.24, 2.45) is 0 Å². The number of halogens is 1. The van der Waals surface area contributed by atoms with Crippen LogP contribution < -0.4 is 10.3 Å². The van der Waals surface area contributed by atoms with E-state index in [1.165, 1.54) is 36.1 Å². The summed E-state index contributed by atoms with van der Waals surface area (Å²) in [4.78, 5) is 30.9. The van der Waals surface area contributed by atoms with E-state index < -0.39 is 23.2 Å². The lowest BCUT2D eigenvalue weighted by molar-refractivity contribution is 0.103. The smallest absolute Gasteiger partial charge is 0.262 e. The molecule has 0 bridgehead atoms. The molecule has 2 aromatic heterocycles. The Kier molecular flexibility index (Phi) is 6.11. The molecule has 170 valence electrons. The molecule has 0 spiro atoms. The Morgan fingerprint density at radius 1 is 1.15 bits per heavy atom. The van der Waals surface area contributed by atoms with Crippen LogP contribution >= 0.6 is 0 Å². The van der Waals surface area contributed by atoms with Crippen molar-refractivity contribution in [3.8, 4) is 17.5 Å². The number of methoxy groups -OCH3 is 1. The van der Waals surface area contributed by atoms with E-state index >= 15 is 0 Å². The van der Waals surface area contributed by atoms with Crippen LogP contribution in [-0.4, -0.2) is 27.0 Å². The first-order valence-corrected chi connectivity index (χ1v) is 10.5. The molecule has 0 N–H and O–H groups in total. The van der Waals surface area contributed by atoms with Gasteiger partial charge in [0.15, 0.2) is 5.78 Å². The summed E-state index contributed by atoms with van der Waals surface area (Å²) in [6.07, 6.45) is 4.87. The molecule has 2 heterocycles. The number of rotatable bonds is 6. The highest BCUT2D eigenvalue weighted by molar-refractivity contribution is 6.09. The van der Waals surface area contributed by atoms with Crippen LogP contribution in [0.3, 0.4) is 0 Å². The second-order valence-corrected chi connectivity index (χ2v) is 7.83. The van der Waals surface area contributed by atoms with Crippen molar-refractivity contribution >= 4 is 5.78 Å². The molecule has 0 saturated heterocycles. The summed E-state index contributed by atoms with van der Waals surface area (Å²) in [5.74, 6) is -0.498. The maximum Gasteiger partial charge on any atom is 0.262 e. The van der Waals surface area contributed by atoms with Gasteiger partial charge in [0.1, 0.15) is 17.6 Å². The van der Waals surface area contributed by atoms with Gasteiger partial charge in [-0.1, -0.05) is 12.1 Å². The van der Waals surface area contributed by atoms with Crippen molar-refractivity contribution < 1.29 is 13.9 Å². The zero-order valence-corrected chi connectivity index (χ0v) is 18.8. The summed E-state index contributed by atoms with van der Waals surface area (Å²) in [6, 6.07) is 13.4. The van der Waals surface area contributed by atoms with Crippen LogP contribution in [0.4, 0.5) is 4.39 Å². The zero-order valence-electron chi connectivity index (χ0n) is 18.8. The molecule has 0 unspecified atom stereocenters. The van der Waals surface area contributed by atoms with Crippen molar-refractivity contribution in [2.75, 3.05) is 7.11 Å². The minimum absolute atomic E-state index is 0.138. The van der Waals surface area contributed by atoms with Gasteiger partial charge in [0.25, 0.3) is 5.56 Å². The topological polar surface area (TPSA) is 89.9 Å². The Morgan fingerprint density at radius 3 is 2.50 bits per heavy atom. The molecule has 7 nitrogen and oxygen atoms in total. The van der Waals surface area contributed by atoms with Gasteiger partial charge >= 0.3 is 0 Å². The average Bonchev–Trinajstić information content (AvgIpc) is 3.29. The Labute approximate surface area is 195 Å². The van der Waals surface area contributed by atoms with Gasteiger partial charge in [-0.3, -0.25) is 9.59 Å². The second kappa shape index (κ2) is 9.16. The first kappa shape index (κ1) is 22.7. The number of benzene rings is 2. The fourth-order valence-electron chi connectivity index (χ4n) is 3.76. The first-order valence-electron chi connectivity index (χ1n) is 10.5. The van der Waals surface area contributed by atoms with Gasteiger partial charge in [-0.05, 0) is 55.8 Å². The largest absolute Gasteiger partial charge is 0.495 e. The van der Waals surface area contributed by atoms with Gasteiger partial charge in [0.05, 0.1) is 42.0 Å². The van der Waals surface area contributed by atoms with Crippen LogP contribution in [0.5, 0.6) is 5.75 Å². The van der Waals surface area contributed by atoms with Crippen LogP contribution in [-0.2, 0) is 0 Å². The van der Waals surface area contributed by atoms with Crippen LogP contribution in [0.2, 0.25) is 0 Å². The molecule has 0 fully saturated rings. The van der Waals surface area contributed by atoms with E-state index in [2.05, 4.69) is 4.98 Å². The number of hydrogen-bond acceptors (Lipinski definition) is 5. The summed E-state index contributed by atoms with van der Waals surface area (Å²) in [5.41, 5.74) is 1.90. The summed E-state index contributed by atoms with van der Waals surface area (Å²) in [7, 11) is 1.49. The lowest BCUT2D eigenvalue weighted by atomic mass is 10.0. The van der Waals surface area contributed by atoms with Crippen molar-refractivity contribution in [2.45, 2.75) is 19.9 Å². The van der Waals surface area contributed by atoms with Crippen LogP contribution in [0.1, 0.15) is 45.7 Å². The third kappa shape index (κ3) is 4.24. The fraction of sp³-hybridized carbons (Fsp3) is 0.154. The molecule has 0 saturated carbocycles. The molecule has 4 rings (SSSR count). The van der Waals surface area contributed by atoms with Gasteiger partial charge in [-0.15, -0.1) is 0 Å². The molecule has 1 atom stereocenters. The molecule has 0 aliphatic rings. The monoisotopic (exact) mass is 456 g/mol. The highest BCUT2D eigenvalue weighted by Crippen LogP contribution is 2.26. The normalized spacial score (nSPS) is 11.6. The molecule has 34 heavy (non-hydrogen) atoms. The van der Waals surface area contributed by atoms with E-state index in [-0.39, 0.29) is 16.7 Å². The molecule has 0 amide bonds. The highest BCUT2D eigenvalue weighted by Gasteiger charge is 2.21. The number of nitrogens with zero attached hydrogens (tertiary/aromatic N) is 4. The standard InChI is InChI=1S/C26H21FN4O3/c1-16-13-30(15-29-16)23-9-6-20(11-24(23)34-3)25(32)22-10-18(12-28)14-31(26(22)33)17(2)19-4-7-21(27)8-5-19/h4-11,13-15,17H,1-3H3/t17-/m0/s1. The number of carbonyl (C=O) groups excluding carboxylic acids is 1. The molecule has 2 aromatic carbocycles. The highest BCUT2D eigenvalue weighted by atomic mass is 19.1. The van der Waals surface area contributed by atoms with E-state index in [9.17, 15) is 19.2 Å². The predicted octanol–water partition coefficient (Wildman–Crippen LogP) is 4.20. The van der Waals surface area contributed by atoms with Crippen molar-refractivity contribution in [3.05, 3.63) is 111 Å². The summed E-state index contributed by atoms with van der Waals surface area (Å²) in [6.45, 7) is 3.61. The van der Waals surface area contributed by atoms with Gasteiger partial charge < -0.3 is 13.9 Å². The van der Waals surface area contributed by atoms with E-state index in [1.54, 1.807) is 48.1 Å². The molecular formula is C26H21FN4O3. The van der Waals surface area contributed by atoms with Gasteiger partial charge in [-0.2, -0.15) is 5.26 Å². The predicted molar refractivity (Wildman–Crippen MR) is 124 cm³/mol. The average molecular weight is 456 g/mol. The number of ketones is 1. The Morgan fingerprint density at radius 2 is 1.88 bits per heavy atom. The van der Waals surface area contributed by atoms with E-state index in [0.29, 0.717) is 17.0 Å². The minimum Gasteiger partial charge on any atom is -0.495 e. The number of aromatic nitrogens is 3. The minimum atomic E-state index is -0.547. The molecule has 0 aliphatic heterocycles. The Bertz CT molecular complexity index is 1480. The van der Waals surface area contributed by atoms with E-state index in [0.717, 1.165) is 5.69 Å². The molecule has 0 aliphatic carbocycles. The lowest BCUT2D eigenvalue weighted by Crippen LogP contribution is -2.29. The first-order chi connectivity index (χ1) is 16.3. The van der Waals surface area contributed by atoms with Crippen molar-refractivity contribution in [1.82, 2.24) is 14.1 Å². The third-order valence-corrected chi connectivity index (χ3v) is 5.62. The third-order valence-electron chi connectivity index (χ3n) is 5.62. The number of pyridine rings is 1. The van der Waals surface area contributed by atoms with Crippen molar-refractivity contribution in [3.63, 3.8) is 0 Å². The number of imidazole rings is 1. The van der Waals surface area contributed by atoms with Crippen LogP contribution in [0.25, 0.3) is 5.69 Å². The summed E-state index contributed by atoms with van der Waals surface area (Å²) >= 11 is 0. The van der Waals surface area contributed by atoms with E-state index in [4.69, 9.17) is 4.74 Å². The van der Waals surface area contributed by atoms with Crippen LogP contribution in [0, 0.1) is 24.1 Å². The zero-order chi connectivity index (χ0) is 24.4. The quantitative estimate of drug-likeness (QED) is 0.406. The number of hydrogen-bond donors (Lipinski definition) is 0. The van der Waals surface area contributed by atoms with Gasteiger partial charge in [0, 0.05) is 18.0 Å². The summed E-state index contributed by atoms with van der Waals surface area (Å²) < 4.78 is 21.9. The molecule has 0 radical (unpaired) electrons. The van der Waals surface area contributed by atoms with Crippen molar-refractivity contribution in [1.29, 1.82) is 5.26 Å². The number of aryl methyl sites for hydroxylation is 1. The lowest BCUT2D eigenvalue weighted by Gasteiger charge is -2.17. The van der Waals surface area contributed by atoms with Gasteiger partial charge in [0.2, 0.25) is 0 Å². The summed E-state index contributed by atoms with van der Waals surface area (Å²) in [5, 5.41) is 9.51. The van der Waals surface area contributed by atoms with E-state index in [1.807, 2.05) is 19.2 Å². The number of nitriles is 1. The van der Waals surface area contributed by atoms with Gasteiger partial charge in [-0.25, -0.2) is 9.37 Å². The molecule has 8 heteroatoms. The number of ether oxygens (including phenoxy) is 1. The second-order valence-electron chi connectivity index (χ2n) is 7.83. The molecular weight excluding hydrogens is 435 g/mol.